The van der Waals surface area contributed by atoms with Crippen molar-refractivity contribution in [3.05, 3.63) is 10.8 Å². The lowest BCUT2D eigenvalue weighted by molar-refractivity contribution is 0.397. The number of rotatable bonds is 1. The Bertz CT molecular complexity index is 413. The molecular weight excluding hydrogens is 224 g/mol. The fourth-order valence-electron chi connectivity index (χ4n) is 0.961. The highest BCUT2D eigenvalue weighted by Crippen LogP contribution is 2.26. The Hall–Kier alpha value is -1.17. The molecule has 2 aromatic rings. The molecule has 6 heteroatoms. The van der Waals surface area contributed by atoms with E-state index >= 15 is 0 Å². The van der Waals surface area contributed by atoms with Gasteiger partial charge in [0, 0.05) is 0 Å². The molecule has 0 unspecified atom stereocenters. The normalized spacial score (nSPS) is 10.5. The number of hydrogen-bond donors (Lipinski definition) is 1. The molecule has 62 valence electrons. The topological polar surface area (TPSA) is 63.7 Å². The molecule has 0 fully saturated rings. The van der Waals surface area contributed by atoms with E-state index in [0.29, 0.717) is 10.5 Å². The Balaban J connectivity index is 2.84. The molecule has 0 aromatic carbocycles. The van der Waals surface area contributed by atoms with Crippen LogP contribution in [0.2, 0.25) is 0 Å². The number of nitrogens with zero attached hydrogens (tertiary/aromatic N) is 3. The molecule has 0 saturated carbocycles. The standard InChI is InChI=1S/C6H5BrN4O/c1-12-6-4-3(2-8-11-6)9-10-5(4)7/h2H,1H3,(H,9,10). The molecule has 5 nitrogen and oxygen atoms in total. The van der Waals surface area contributed by atoms with E-state index in [4.69, 9.17) is 4.74 Å². The number of hydrogen-bond acceptors (Lipinski definition) is 4. The van der Waals surface area contributed by atoms with E-state index in [1.165, 1.54) is 0 Å². The second-order valence-corrected chi connectivity index (χ2v) is 2.91. The van der Waals surface area contributed by atoms with Crippen LogP contribution in [0.5, 0.6) is 5.88 Å². The van der Waals surface area contributed by atoms with Crippen molar-refractivity contribution in [3.8, 4) is 5.88 Å². The number of fused-ring (bicyclic) bond motifs is 1. The summed E-state index contributed by atoms with van der Waals surface area (Å²) in [5.41, 5.74) is 0.800. The third-order valence-electron chi connectivity index (χ3n) is 1.49. The molecular formula is C6H5BrN4O. The van der Waals surface area contributed by atoms with Gasteiger partial charge in [-0.05, 0) is 15.9 Å². The van der Waals surface area contributed by atoms with Crippen LogP contribution in [0.15, 0.2) is 10.8 Å². The number of H-pyrrole nitrogens is 1. The van der Waals surface area contributed by atoms with Crippen LogP contribution in [0.25, 0.3) is 10.9 Å². The van der Waals surface area contributed by atoms with Crippen molar-refractivity contribution in [1.82, 2.24) is 20.4 Å². The van der Waals surface area contributed by atoms with Crippen LogP contribution >= 0.6 is 15.9 Å². The second-order valence-electron chi connectivity index (χ2n) is 2.16. The highest BCUT2D eigenvalue weighted by atomic mass is 79.9. The maximum absolute atomic E-state index is 5.00. The summed E-state index contributed by atoms with van der Waals surface area (Å²) in [7, 11) is 1.54. The van der Waals surface area contributed by atoms with E-state index in [2.05, 4.69) is 36.3 Å². The average molecular weight is 229 g/mol. The monoisotopic (exact) mass is 228 g/mol. The number of halogens is 1. The van der Waals surface area contributed by atoms with Crippen LogP contribution in [0.4, 0.5) is 0 Å². The molecule has 12 heavy (non-hydrogen) atoms. The first-order chi connectivity index (χ1) is 5.83. The van der Waals surface area contributed by atoms with Crippen molar-refractivity contribution < 1.29 is 4.74 Å². The Morgan fingerprint density at radius 2 is 2.42 bits per heavy atom. The minimum absolute atomic E-state index is 0.466. The van der Waals surface area contributed by atoms with Crippen molar-refractivity contribution in [1.29, 1.82) is 0 Å². The van der Waals surface area contributed by atoms with E-state index < -0.39 is 0 Å². The van der Waals surface area contributed by atoms with Gasteiger partial charge in [-0.25, -0.2) is 0 Å². The van der Waals surface area contributed by atoms with Gasteiger partial charge in [-0.15, -0.1) is 5.10 Å². The number of aromatic amines is 1. The average Bonchev–Trinajstić information content (AvgIpc) is 2.48. The molecule has 0 atom stereocenters. The molecule has 2 heterocycles. The first-order valence-electron chi connectivity index (χ1n) is 3.22. The lowest BCUT2D eigenvalue weighted by Gasteiger charge is -1.96. The summed E-state index contributed by atoms with van der Waals surface area (Å²) in [6.07, 6.45) is 1.59. The smallest absolute Gasteiger partial charge is 0.245 e. The van der Waals surface area contributed by atoms with Gasteiger partial charge in [0.25, 0.3) is 0 Å². The van der Waals surface area contributed by atoms with E-state index in [1.54, 1.807) is 13.3 Å². The van der Waals surface area contributed by atoms with Crippen molar-refractivity contribution >= 4 is 26.8 Å². The van der Waals surface area contributed by atoms with Crippen LogP contribution < -0.4 is 4.74 Å². The fourth-order valence-corrected chi connectivity index (χ4v) is 1.43. The zero-order valence-electron chi connectivity index (χ0n) is 6.21. The summed E-state index contributed by atoms with van der Waals surface area (Å²) < 4.78 is 5.69. The maximum Gasteiger partial charge on any atom is 0.245 e. The highest BCUT2D eigenvalue weighted by molar-refractivity contribution is 9.10. The van der Waals surface area contributed by atoms with Crippen molar-refractivity contribution in [2.45, 2.75) is 0 Å². The van der Waals surface area contributed by atoms with Crippen molar-refractivity contribution in [2.75, 3.05) is 7.11 Å². The molecule has 0 spiro atoms. The molecule has 0 radical (unpaired) electrons. The zero-order valence-corrected chi connectivity index (χ0v) is 7.79. The Morgan fingerprint density at radius 3 is 3.17 bits per heavy atom. The number of aromatic nitrogens is 4. The predicted octanol–water partition coefficient (Wildman–Crippen LogP) is 1.12. The van der Waals surface area contributed by atoms with Crippen LogP contribution in [-0.2, 0) is 0 Å². The van der Waals surface area contributed by atoms with E-state index in [9.17, 15) is 0 Å². The lowest BCUT2D eigenvalue weighted by atomic mass is 10.4. The van der Waals surface area contributed by atoms with Crippen LogP contribution in [0.3, 0.4) is 0 Å². The van der Waals surface area contributed by atoms with Gasteiger partial charge in [0.1, 0.15) is 4.60 Å². The van der Waals surface area contributed by atoms with Gasteiger partial charge in [-0.2, -0.15) is 10.2 Å². The molecule has 0 saturated heterocycles. The molecule has 0 aliphatic rings. The zero-order chi connectivity index (χ0) is 8.55. The third kappa shape index (κ3) is 0.953. The largest absolute Gasteiger partial charge is 0.479 e. The van der Waals surface area contributed by atoms with E-state index in [0.717, 1.165) is 10.9 Å². The SMILES string of the molecule is COc1nncc2[nH]nc(Br)c12. The molecule has 0 aliphatic carbocycles. The van der Waals surface area contributed by atoms with Gasteiger partial charge in [-0.3, -0.25) is 5.10 Å². The maximum atomic E-state index is 5.00. The molecule has 2 rings (SSSR count). The minimum atomic E-state index is 0.466. The van der Waals surface area contributed by atoms with Crippen LogP contribution in [0.1, 0.15) is 0 Å². The Morgan fingerprint density at radius 1 is 1.58 bits per heavy atom. The molecule has 2 aromatic heterocycles. The molecule has 1 N–H and O–H groups in total. The summed E-state index contributed by atoms with van der Waals surface area (Å²) >= 11 is 3.27. The van der Waals surface area contributed by atoms with Crippen LogP contribution in [-0.4, -0.2) is 27.5 Å². The summed E-state index contributed by atoms with van der Waals surface area (Å²) in [6.45, 7) is 0. The third-order valence-corrected chi connectivity index (χ3v) is 2.07. The van der Waals surface area contributed by atoms with E-state index in [-0.39, 0.29) is 0 Å². The molecule has 0 amide bonds. The van der Waals surface area contributed by atoms with Gasteiger partial charge < -0.3 is 4.74 Å². The van der Waals surface area contributed by atoms with Gasteiger partial charge in [0.05, 0.1) is 24.2 Å². The summed E-state index contributed by atoms with van der Waals surface area (Å²) in [4.78, 5) is 0. The first-order valence-corrected chi connectivity index (χ1v) is 4.01. The quantitative estimate of drug-likeness (QED) is 0.795. The highest BCUT2D eigenvalue weighted by Gasteiger charge is 2.09. The first kappa shape index (κ1) is 7.48. The lowest BCUT2D eigenvalue weighted by Crippen LogP contribution is -1.90. The van der Waals surface area contributed by atoms with Crippen molar-refractivity contribution in [3.63, 3.8) is 0 Å². The van der Waals surface area contributed by atoms with Gasteiger partial charge in [0.15, 0.2) is 0 Å². The summed E-state index contributed by atoms with van der Waals surface area (Å²) in [5, 5.41) is 15.1. The number of nitrogens with one attached hydrogen (secondary N) is 1. The molecule has 0 bridgehead atoms. The number of methoxy groups -OCH3 is 1. The Labute approximate surface area is 76.3 Å². The van der Waals surface area contributed by atoms with Gasteiger partial charge in [0.2, 0.25) is 5.88 Å². The second kappa shape index (κ2) is 2.71. The number of ether oxygens (including phenoxy) is 1. The van der Waals surface area contributed by atoms with Crippen molar-refractivity contribution in [2.24, 2.45) is 0 Å². The predicted molar refractivity (Wildman–Crippen MR) is 45.9 cm³/mol. The van der Waals surface area contributed by atoms with E-state index in [1.807, 2.05) is 0 Å². The fraction of sp³-hybridized carbons (Fsp3) is 0.167. The summed E-state index contributed by atoms with van der Waals surface area (Å²) in [5.74, 6) is 0.466. The summed E-state index contributed by atoms with van der Waals surface area (Å²) in [6, 6.07) is 0. The van der Waals surface area contributed by atoms with Gasteiger partial charge >= 0.3 is 0 Å². The minimum Gasteiger partial charge on any atom is -0.479 e. The Kier molecular flexibility index (Phi) is 1.69. The van der Waals surface area contributed by atoms with Gasteiger partial charge in [-0.1, -0.05) is 0 Å². The van der Waals surface area contributed by atoms with Crippen LogP contribution in [0, 0.1) is 0 Å². The molecule has 0 aliphatic heterocycles.